The first-order chi connectivity index (χ1) is 12.0. The molecular formula is C20H23N3O2. The van der Waals surface area contributed by atoms with Gasteiger partial charge in [-0.25, -0.2) is 0 Å². The quantitative estimate of drug-likeness (QED) is 0.900. The molecule has 0 fully saturated rings. The van der Waals surface area contributed by atoms with Crippen molar-refractivity contribution < 1.29 is 9.59 Å². The number of rotatable bonds is 4. The van der Waals surface area contributed by atoms with Gasteiger partial charge in [0.05, 0.1) is 12.5 Å². The van der Waals surface area contributed by atoms with Gasteiger partial charge in [0.1, 0.15) is 0 Å². The largest absolute Gasteiger partial charge is 0.378 e. The fourth-order valence-electron chi connectivity index (χ4n) is 3.55. The molecule has 2 aromatic carbocycles. The Balaban J connectivity index is 1.84. The van der Waals surface area contributed by atoms with Crippen molar-refractivity contribution in [3.63, 3.8) is 0 Å². The van der Waals surface area contributed by atoms with E-state index in [2.05, 4.69) is 18.3 Å². The van der Waals surface area contributed by atoms with Gasteiger partial charge in [-0.3, -0.25) is 9.59 Å². The average molecular weight is 337 g/mol. The van der Waals surface area contributed by atoms with Crippen molar-refractivity contribution >= 4 is 23.2 Å². The maximum absolute atomic E-state index is 12.0. The third-order valence-corrected chi connectivity index (χ3v) is 4.60. The topological polar surface area (TPSA) is 75.4 Å². The third kappa shape index (κ3) is 3.65. The lowest BCUT2D eigenvalue weighted by atomic mass is 9.91. The minimum atomic E-state index is -0.333. The number of para-hydroxylation sites is 1. The number of carbonyl (C=O) groups is 2. The smallest absolute Gasteiger partial charge is 0.224 e. The van der Waals surface area contributed by atoms with Crippen LogP contribution in [0.2, 0.25) is 0 Å². The number of nitrogens with two attached hydrogens (primary N) is 1. The van der Waals surface area contributed by atoms with Crippen LogP contribution in [0.3, 0.4) is 0 Å². The van der Waals surface area contributed by atoms with Crippen LogP contribution in [0.5, 0.6) is 0 Å². The molecule has 3 N–H and O–H groups in total. The Kier molecular flexibility index (Phi) is 4.74. The Labute approximate surface area is 147 Å². The highest BCUT2D eigenvalue weighted by Gasteiger charge is 2.31. The molecule has 2 atom stereocenters. The summed E-state index contributed by atoms with van der Waals surface area (Å²) < 4.78 is 0. The molecule has 2 unspecified atom stereocenters. The Hall–Kier alpha value is -2.82. The maximum atomic E-state index is 12.0. The van der Waals surface area contributed by atoms with E-state index in [0.717, 1.165) is 28.9 Å². The van der Waals surface area contributed by atoms with Crippen LogP contribution in [0.4, 0.5) is 11.4 Å². The molecule has 5 heteroatoms. The van der Waals surface area contributed by atoms with Crippen LogP contribution in [0.25, 0.3) is 0 Å². The predicted octanol–water partition coefficient (Wildman–Crippen LogP) is 3.01. The second kappa shape index (κ2) is 6.97. The van der Waals surface area contributed by atoms with Crippen molar-refractivity contribution in [2.24, 2.45) is 5.73 Å². The first-order valence-corrected chi connectivity index (χ1v) is 8.48. The summed E-state index contributed by atoms with van der Waals surface area (Å²) >= 11 is 0. The molecule has 5 nitrogen and oxygen atoms in total. The van der Waals surface area contributed by atoms with Crippen molar-refractivity contribution in [1.29, 1.82) is 0 Å². The lowest BCUT2D eigenvalue weighted by molar-refractivity contribution is -0.118. The van der Waals surface area contributed by atoms with E-state index in [-0.39, 0.29) is 30.3 Å². The van der Waals surface area contributed by atoms with E-state index in [4.69, 9.17) is 5.73 Å². The number of primary amides is 1. The number of anilines is 2. The fourth-order valence-corrected chi connectivity index (χ4v) is 3.55. The van der Waals surface area contributed by atoms with Gasteiger partial charge in [-0.1, -0.05) is 30.3 Å². The van der Waals surface area contributed by atoms with E-state index in [1.54, 1.807) is 6.92 Å². The van der Waals surface area contributed by atoms with Gasteiger partial charge in [0.2, 0.25) is 11.8 Å². The van der Waals surface area contributed by atoms with Gasteiger partial charge in [0, 0.05) is 24.3 Å². The molecule has 0 aromatic heterocycles. The highest BCUT2D eigenvalue weighted by Crippen LogP contribution is 2.38. The molecule has 2 amide bonds. The summed E-state index contributed by atoms with van der Waals surface area (Å²) in [4.78, 5) is 24.9. The summed E-state index contributed by atoms with van der Waals surface area (Å²) in [7, 11) is 0. The number of nitrogens with one attached hydrogen (secondary N) is 1. The second-order valence-corrected chi connectivity index (χ2v) is 6.57. The van der Waals surface area contributed by atoms with Crippen molar-refractivity contribution in [3.8, 4) is 0 Å². The summed E-state index contributed by atoms with van der Waals surface area (Å²) in [6, 6.07) is 16.0. The summed E-state index contributed by atoms with van der Waals surface area (Å²) in [6.45, 7) is 3.68. The SMILES string of the molecule is CC(=O)N1c2ccccc2C(Nc2ccc(CC(N)=O)cc2)CC1C. The van der Waals surface area contributed by atoms with Crippen LogP contribution in [0, 0.1) is 0 Å². The van der Waals surface area contributed by atoms with E-state index in [1.807, 2.05) is 47.4 Å². The van der Waals surface area contributed by atoms with Crippen LogP contribution >= 0.6 is 0 Å². The van der Waals surface area contributed by atoms with Crippen molar-refractivity contribution in [2.45, 2.75) is 38.8 Å². The van der Waals surface area contributed by atoms with Gasteiger partial charge < -0.3 is 16.0 Å². The Bertz CT molecular complexity index is 786. The van der Waals surface area contributed by atoms with Gasteiger partial charge in [-0.15, -0.1) is 0 Å². The van der Waals surface area contributed by atoms with Gasteiger partial charge in [-0.2, -0.15) is 0 Å². The van der Waals surface area contributed by atoms with Gasteiger partial charge in [0.15, 0.2) is 0 Å². The van der Waals surface area contributed by atoms with E-state index >= 15 is 0 Å². The van der Waals surface area contributed by atoms with Gasteiger partial charge in [0.25, 0.3) is 0 Å². The number of benzene rings is 2. The minimum absolute atomic E-state index is 0.0641. The van der Waals surface area contributed by atoms with Crippen LogP contribution in [0.15, 0.2) is 48.5 Å². The van der Waals surface area contributed by atoms with E-state index < -0.39 is 0 Å². The molecule has 25 heavy (non-hydrogen) atoms. The highest BCUT2D eigenvalue weighted by atomic mass is 16.2. The van der Waals surface area contributed by atoms with E-state index in [0.29, 0.717) is 0 Å². The van der Waals surface area contributed by atoms with Crippen LogP contribution in [-0.4, -0.2) is 17.9 Å². The number of carbonyl (C=O) groups excluding carboxylic acids is 2. The van der Waals surface area contributed by atoms with E-state index in [9.17, 15) is 9.59 Å². The van der Waals surface area contributed by atoms with Crippen LogP contribution in [0.1, 0.15) is 37.4 Å². The molecule has 130 valence electrons. The molecular weight excluding hydrogens is 314 g/mol. The first-order valence-electron chi connectivity index (χ1n) is 8.48. The molecule has 2 aromatic rings. The molecule has 3 rings (SSSR count). The minimum Gasteiger partial charge on any atom is -0.378 e. The Morgan fingerprint density at radius 1 is 1.16 bits per heavy atom. The number of fused-ring (bicyclic) bond motifs is 1. The number of nitrogens with zero attached hydrogens (tertiary/aromatic N) is 1. The molecule has 1 aliphatic heterocycles. The van der Waals surface area contributed by atoms with Gasteiger partial charge >= 0.3 is 0 Å². The first kappa shape index (κ1) is 17.0. The van der Waals surface area contributed by atoms with Crippen molar-refractivity contribution in [3.05, 3.63) is 59.7 Å². The molecule has 0 saturated heterocycles. The Morgan fingerprint density at radius 3 is 2.48 bits per heavy atom. The van der Waals surface area contributed by atoms with E-state index in [1.165, 1.54) is 0 Å². The molecule has 0 saturated carbocycles. The summed E-state index contributed by atoms with van der Waals surface area (Å²) in [6.07, 6.45) is 1.08. The molecule has 1 aliphatic rings. The standard InChI is InChI=1S/C20H23N3O2/c1-13-11-18(17-5-3-4-6-19(17)23(13)14(2)24)22-16-9-7-15(8-10-16)12-20(21)25/h3-10,13,18,22H,11-12H2,1-2H3,(H2,21,25). The number of hydrogen-bond donors (Lipinski definition) is 2. The monoisotopic (exact) mass is 337 g/mol. The zero-order chi connectivity index (χ0) is 18.0. The third-order valence-electron chi connectivity index (χ3n) is 4.60. The zero-order valence-electron chi connectivity index (χ0n) is 14.5. The molecule has 0 radical (unpaired) electrons. The van der Waals surface area contributed by atoms with Crippen LogP contribution in [-0.2, 0) is 16.0 Å². The van der Waals surface area contributed by atoms with Crippen molar-refractivity contribution in [1.82, 2.24) is 0 Å². The highest BCUT2D eigenvalue weighted by molar-refractivity contribution is 5.93. The van der Waals surface area contributed by atoms with Crippen LogP contribution < -0.4 is 16.0 Å². The molecule has 0 spiro atoms. The lowest BCUT2D eigenvalue weighted by Crippen LogP contribution is -2.43. The van der Waals surface area contributed by atoms with Gasteiger partial charge in [-0.05, 0) is 42.7 Å². The predicted molar refractivity (Wildman–Crippen MR) is 99.4 cm³/mol. The fraction of sp³-hybridized carbons (Fsp3) is 0.300. The van der Waals surface area contributed by atoms with Crippen molar-refractivity contribution in [2.75, 3.05) is 10.2 Å². The summed E-state index contributed by atoms with van der Waals surface area (Å²) in [5.74, 6) is -0.269. The Morgan fingerprint density at radius 2 is 1.84 bits per heavy atom. The molecule has 1 heterocycles. The second-order valence-electron chi connectivity index (χ2n) is 6.57. The summed E-state index contributed by atoms with van der Waals surface area (Å²) in [5, 5.41) is 3.55. The summed E-state index contributed by atoms with van der Waals surface area (Å²) in [5.41, 5.74) is 9.21. The average Bonchev–Trinajstić information content (AvgIpc) is 2.56. The molecule has 0 aliphatic carbocycles. The maximum Gasteiger partial charge on any atom is 0.224 e. The molecule has 0 bridgehead atoms. The normalized spacial score (nSPS) is 19.2. The zero-order valence-corrected chi connectivity index (χ0v) is 14.5. The lowest BCUT2D eigenvalue weighted by Gasteiger charge is -2.39. The number of amides is 2. The number of hydrogen-bond acceptors (Lipinski definition) is 3.